The molecule has 0 saturated carbocycles. The number of hydrogen-bond acceptors (Lipinski definition) is 6. The molecule has 1 aliphatic carbocycles. The zero-order valence-corrected chi connectivity index (χ0v) is 20.8. The number of amides is 2. The number of pyridine rings is 1. The molecule has 0 spiro atoms. The standard InChI is InChI=1S/C24H19ClF5N3O5/c1-23(2)37-19-18(21(35)32(3)14-7-11(25)12(26)8-13(14)27)33(22(36)20(19)38-23)16-6-10(24(28,29)30)9-4-5-15(34)17(9)31-16/h6-8,18-20H,4-5H2,1-3H3/t18-,19-,20-/m0/s1. The first-order chi connectivity index (χ1) is 17.6. The first-order valence-electron chi connectivity index (χ1n) is 11.4. The van der Waals surface area contributed by atoms with E-state index in [0.717, 1.165) is 18.0 Å². The quantitative estimate of drug-likeness (QED) is 0.416. The summed E-state index contributed by atoms with van der Waals surface area (Å²) >= 11 is 5.76. The average molecular weight is 560 g/mol. The van der Waals surface area contributed by atoms with E-state index in [0.29, 0.717) is 17.0 Å². The molecule has 38 heavy (non-hydrogen) atoms. The number of ether oxygens (including phenoxy) is 2. The molecule has 3 aliphatic rings. The molecule has 5 rings (SSSR count). The van der Waals surface area contributed by atoms with Gasteiger partial charge in [-0.25, -0.2) is 13.8 Å². The molecule has 2 saturated heterocycles. The van der Waals surface area contributed by atoms with Crippen LogP contribution >= 0.6 is 11.6 Å². The molecule has 0 unspecified atom stereocenters. The van der Waals surface area contributed by atoms with Crippen molar-refractivity contribution in [2.45, 2.75) is 56.9 Å². The second-order valence-electron chi connectivity index (χ2n) is 9.56. The number of carbonyl (C=O) groups is 3. The minimum absolute atomic E-state index is 0.175. The van der Waals surface area contributed by atoms with E-state index < -0.39 is 87.2 Å². The number of ketones is 1. The lowest BCUT2D eigenvalue weighted by Gasteiger charge is -2.31. The molecule has 0 N–H and O–H groups in total. The molecule has 1 aromatic carbocycles. The summed E-state index contributed by atoms with van der Waals surface area (Å²) in [6.45, 7) is 2.95. The van der Waals surface area contributed by atoms with E-state index in [1.165, 1.54) is 13.8 Å². The van der Waals surface area contributed by atoms with Crippen molar-refractivity contribution in [3.8, 4) is 0 Å². The maximum atomic E-state index is 14.6. The van der Waals surface area contributed by atoms with Crippen LogP contribution in [0.3, 0.4) is 0 Å². The van der Waals surface area contributed by atoms with Gasteiger partial charge in [-0.2, -0.15) is 13.2 Å². The largest absolute Gasteiger partial charge is 0.416 e. The Hall–Kier alpha value is -3.16. The van der Waals surface area contributed by atoms with E-state index in [-0.39, 0.29) is 18.4 Å². The fourth-order valence-electron chi connectivity index (χ4n) is 5.00. The van der Waals surface area contributed by atoms with Crippen LogP contribution < -0.4 is 9.80 Å². The Kier molecular flexibility index (Phi) is 6.04. The van der Waals surface area contributed by atoms with E-state index in [2.05, 4.69) is 4.98 Å². The van der Waals surface area contributed by atoms with Gasteiger partial charge in [-0.05, 0) is 38.0 Å². The number of likely N-dealkylation sites (N-methyl/N-ethyl adjacent to an activating group) is 1. The molecule has 1 aromatic heterocycles. The molecule has 2 fully saturated rings. The highest BCUT2D eigenvalue weighted by Crippen LogP contribution is 2.43. The third-order valence-corrected chi connectivity index (χ3v) is 6.95. The van der Waals surface area contributed by atoms with Crippen LogP contribution in [0, 0.1) is 11.6 Å². The molecule has 202 valence electrons. The number of nitrogens with zero attached hydrogens (tertiary/aromatic N) is 3. The van der Waals surface area contributed by atoms with Gasteiger partial charge in [-0.1, -0.05) is 11.6 Å². The molecule has 8 nitrogen and oxygen atoms in total. The second kappa shape index (κ2) is 8.68. The van der Waals surface area contributed by atoms with Gasteiger partial charge in [0.25, 0.3) is 11.8 Å². The van der Waals surface area contributed by atoms with E-state index in [9.17, 15) is 36.3 Å². The van der Waals surface area contributed by atoms with Crippen LogP contribution in [0.2, 0.25) is 5.02 Å². The molecule has 2 aliphatic heterocycles. The molecule has 0 bridgehead atoms. The van der Waals surface area contributed by atoms with Crippen LogP contribution in [-0.2, 0) is 31.7 Å². The zero-order chi connectivity index (χ0) is 27.9. The summed E-state index contributed by atoms with van der Waals surface area (Å²) in [7, 11) is 1.12. The zero-order valence-electron chi connectivity index (χ0n) is 20.0. The summed E-state index contributed by atoms with van der Waals surface area (Å²) < 4.78 is 81.5. The lowest BCUT2D eigenvalue weighted by molar-refractivity contribution is -0.161. The van der Waals surface area contributed by atoms with E-state index >= 15 is 0 Å². The predicted molar refractivity (Wildman–Crippen MR) is 122 cm³/mol. The fraction of sp³-hybridized carbons (Fsp3) is 0.417. The SMILES string of the molecule is CN(C(=O)[C@@H]1[C@@H]2OC(C)(C)O[C@@H]2C(=O)N1c1cc(C(F)(F)F)c2c(n1)C(=O)CC2)c1cc(Cl)c(F)cc1F. The van der Waals surface area contributed by atoms with Gasteiger partial charge in [-0.15, -0.1) is 0 Å². The van der Waals surface area contributed by atoms with Crippen molar-refractivity contribution in [2.75, 3.05) is 16.8 Å². The van der Waals surface area contributed by atoms with Gasteiger partial charge < -0.3 is 14.4 Å². The number of anilines is 2. The number of benzene rings is 1. The van der Waals surface area contributed by atoms with Gasteiger partial charge in [0, 0.05) is 19.5 Å². The van der Waals surface area contributed by atoms with Gasteiger partial charge in [0.05, 0.1) is 16.3 Å². The third-order valence-electron chi connectivity index (χ3n) is 6.66. The molecule has 3 heterocycles. The minimum atomic E-state index is -4.88. The Balaban J connectivity index is 1.64. The van der Waals surface area contributed by atoms with E-state index in [1.807, 2.05) is 0 Å². The highest BCUT2D eigenvalue weighted by Gasteiger charge is 2.61. The van der Waals surface area contributed by atoms with Crippen LogP contribution in [0.25, 0.3) is 0 Å². The Labute approximate surface area is 217 Å². The van der Waals surface area contributed by atoms with Crippen LogP contribution in [0.15, 0.2) is 18.2 Å². The monoisotopic (exact) mass is 559 g/mol. The summed E-state index contributed by atoms with van der Waals surface area (Å²) in [4.78, 5) is 45.0. The Bertz CT molecular complexity index is 1400. The Morgan fingerprint density at radius 3 is 2.47 bits per heavy atom. The maximum Gasteiger partial charge on any atom is 0.416 e. The number of rotatable bonds is 3. The molecule has 0 radical (unpaired) electrons. The molecular formula is C24H19ClF5N3O5. The number of carbonyl (C=O) groups excluding carboxylic acids is 3. The molecule has 14 heteroatoms. The first kappa shape index (κ1) is 26.4. The molecule has 3 atom stereocenters. The average Bonchev–Trinajstić information content (AvgIpc) is 3.43. The lowest BCUT2D eigenvalue weighted by atomic mass is 10.1. The Morgan fingerprint density at radius 1 is 1.13 bits per heavy atom. The first-order valence-corrected chi connectivity index (χ1v) is 11.7. The highest BCUT2D eigenvalue weighted by molar-refractivity contribution is 6.31. The summed E-state index contributed by atoms with van der Waals surface area (Å²) in [5.41, 5.74) is -2.36. The number of fused-ring (bicyclic) bond motifs is 2. The van der Waals surface area contributed by atoms with Crippen molar-refractivity contribution in [2.24, 2.45) is 0 Å². The van der Waals surface area contributed by atoms with Crippen LogP contribution in [0.1, 0.15) is 41.9 Å². The smallest absolute Gasteiger partial charge is 0.341 e. The topological polar surface area (TPSA) is 89.0 Å². The Morgan fingerprint density at radius 2 is 1.82 bits per heavy atom. The highest BCUT2D eigenvalue weighted by atomic mass is 35.5. The predicted octanol–water partition coefficient (Wildman–Crippen LogP) is 4.06. The van der Waals surface area contributed by atoms with E-state index in [4.69, 9.17) is 21.1 Å². The number of Topliss-reactive ketones (excluding diaryl/α,β-unsaturated/α-hetero) is 1. The van der Waals surface area contributed by atoms with Gasteiger partial charge in [0.1, 0.15) is 35.3 Å². The van der Waals surface area contributed by atoms with Gasteiger partial charge in [-0.3, -0.25) is 19.3 Å². The van der Waals surface area contributed by atoms with Gasteiger partial charge in [0.15, 0.2) is 17.7 Å². The lowest BCUT2D eigenvalue weighted by Crippen LogP contribution is -2.51. The van der Waals surface area contributed by atoms with Crippen molar-refractivity contribution in [1.82, 2.24) is 4.98 Å². The summed E-state index contributed by atoms with van der Waals surface area (Å²) in [6.07, 6.45) is -7.99. The van der Waals surface area contributed by atoms with E-state index in [1.54, 1.807) is 0 Å². The van der Waals surface area contributed by atoms with Crippen LogP contribution in [0.4, 0.5) is 33.5 Å². The summed E-state index contributed by atoms with van der Waals surface area (Å²) in [6, 6.07) is 0.235. The van der Waals surface area contributed by atoms with Crippen molar-refractivity contribution >= 4 is 40.7 Å². The normalized spacial score (nSPS) is 24.1. The number of aromatic nitrogens is 1. The minimum Gasteiger partial charge on any atom is -0.341 e. The van der Waals surface area contributed by atoms with Crippen molar-refractivity contribution in [1.29, 1.82) is 0 Å². The maximum absolute atomic E-state index is 14.6. The summed E-state index contributed by atoms with van der Waals surface area (Å²) in [5.74, 6) is -6.76. The molecule has 2 amide bonds. The fourth-order valence-corrected chi connectivity index (χ4v) is 5.16. The number of hydrogen-bond donors (Lipinski definition) is 0. The molecule has 2 aromatic rings. The van der Waals surface area contributed by atoms with Crippen molar-refractivity contribution in [3.63, 3.8) is 0 Å². The second-order valence-corrected chi connectivity index (χ2v) is 9.97. The van der Waals surface area contributed by atoms with Crippen molar-refractivity contribution in [3.05, 3.63) is 51.7 Å². The van der Waals surface area contributed by atoms with Gasteiger partial charge >= 0.3 is 6.18 Å². The summed E-state index contributed by atoms with van der Waals surface area (Å²) in [5, 5.41) is -0.492. The van der Waals surface area contributed by atoms with Crippen molar-refractivity contribution < 1.29 is 45.8 Å². The number of alkyl halides is 3. The van der Waals surface area contributed by atoms with Gasteiger partial charge in [0.2, 0.25) is 0 Å². The third kappa shape index (κ3) is 4.12. The molecular weight excluding hydrogens is 541 g/mol. The van der Waals surface area contributed by atoms with Crippen LogP contribution in [-0.4, -0.2) is 53.7 Å². The van der Waals surface area contributed by atoms with Crippen LogP contribution in [0.5, 0.6) is 0 Å². The number of halogens is 6.